The highest BCUT2D eigenvalue weighted by atomic mass is 35.5. The molecule has 5 nitrogen and oxygen atoms in total. The number of carbonyl (C=O) groups is 1. The Morgan fingerprint density at radius 2 is 1.94 bits per heavy atom. The molecule has 1 atom stereocenters. The van der Waals surface area contributed by atoms with Gasteiger partial charge in [-0.15, -0.1) is 0 Å². The zero-order valence-corrected chi connectivity index (χ0v) is 17.8. The lowest BCUT2D eigenvalue weighted by Gasteiger charge is -2.19. The van der Waals surface area contributed by atoms with Gasteiger partial charge in [-0.1, -0.05) is 17.7 Å². The highest BCUT2D eigenvalue weighted by Gasteiger charge is 2.27. The number of nitrogens with zero attached hydrogens (tertiary/aromatic N) is 2. The second-order valence-corrected chi connectivity index (χ2v) is 7.30. The van der Waals surface area contributed by atoms with Crippen LogP contribution < -0.4 is 10.1 Å². The van der Waals surface area contributed by atoms with Crippen molar-refractivity contribution in [1.82, 2.24) is 9.97 Å². The highest BCUT2D eigenvalue weighted by molar-refractivity contribution is 6.33. The number of halogens is 5. The summed E-state index contributed by atoms with van der Waals surface area (Å²) in [5, 5.41) is 2.46. The van der Waals surface area contributed by atoms with E-state index < -0.39 is 42.2 Å². The molecule has 0 aliphatic carbocycles. The molecular weight excluding hydrogens is 450 g/mol. The number of amides is 1. The first-order valence-corrected chi connectivity index (χ1v) is 9.78. The zero-order valence-electron chi connectivity index (χ0n) is 17.0. The van der Waals surface area contributed by atoms with E-state index in [1.165, 1.54) is 18.5 Å². The summed E-state index contributed by atoms with van der Waals surface area (Å²) in [5.41, 5.74) is 1.21. The lowest BCUT2D eigenvalue weighted by Crippen LogP contribution is -2.29. The number of pyridine rings is 2. The largest absolute Gasteiger partial charge is 0.481 e. The molecule has 3 rings (SSSR count). The molecule has 1 aromatic carbocycles. The molecule has 32 heavy (non-hydrogen) atoms. The van der Waals surface area contributed by atoms with Crippen LogP contribution in [-0.2, 0) is 0 Å². The Morgan fingerprint density at radius 3 is 2.53 bits per heavy atom. The fourth-order valence-corrected chi connectivity index (χ4v) is 3.07. The molecule has 0 saturated heterocycles. The number of hydrogen-bond acceptors (Lipinski definition) is 4. The molecule has 0 bridgehead atoms. The highest BCUT2D eigenvalue weighted by Crippen LogP contribution is 2.32. The summed E-state index contributed by atoms with van der Waals surface area (Å²) in [5.74, 6) is -2.17. The first-order valence-electron chi connectivity index (χ1n) is 9.41. The van der Waals surface area contributed by atoms with Crippen molar-refractivity contribution in [3.63, 3.8) is 0 Å². The van der Waals surface area contributed by atoms with Crippen molar-refractivity contribution in [2.24, 2.45) is 0 Å². The fourth-order valence-electron chi connectivity index (χ4n) is 2.82. The van der Waals surface area contributed by atoms with Crippen LogP contribution in [0.4, 0.5) is 23.2 Å². The smallest absolute Gasteiger partial charge is 0.277 e. The summed E-state index contributed by atoms with van der Waals surface area (Å²) in [7, 11) is 0. The minimum atomic E-state index is -3.17. The molecule has 0 aliphatic heterocycles. The lowest BCUT2D eigenvalue weighted by atomic mass is 10.0. The van der Waals surface area contributed by atoms with Gasteiger partial charge in [0, 0.05) is 18.0 Å². The van der Waals surface area contributed by atoms with E-state index in [-0.39, 0.29) is 22.1 Å². The average Bonchev–Trinajstić information content (AvgIpc) is 2.75. The van der Waals surface area contributed by atoms with E-state index in [4.69, 9.17) is 16.3 Å². The topological polar surface area (TPSA) is 64.1 Å². The van der Waals surface area contributed by atoms with Crippen LogP contribution >= 0.6 is 11.6 Å². The van der Waals surface area contributed by atoms with Gasteiger partial charge in [-0.05, 0) is 49.2 Å². The molecule has 1 amide bonds. The number of alkyl halides is 3. The van der Waals surface area contributed by atoms with Crippen LogP contribution in [0.2, 0.25) is 5.15 Å². The van der Waals surface area contributed by atoms with E-state index in [2.05, 4.69) is 15.3 Å². The van der Waals surface area contributed by atoms with Crippen LogP contribution in [0, 0.1) is 19.7 Å². The van der Waals surface area contributed by atoms with Crippen LogP contribution in [0.1, 0.15) is 21.5 Å². The summed E-state index contributed by atoms with van der Waals surface area (Å²) >= 11 is 6.01. The fraction of sp³-hybridized carbons (Fsp3) is 0.227. The van der Waals surface area contributed by atoms with Gasteiger partial charge in [-0.3, -0.25) is 9.78 Å². The number of nitrogens with one attached hydrogen (secondary N) is 1. The Balaban J connectivity index is 2.08. The molecule has 2 heterocycles. The molecule has 168 valence electrons. The predicted molar refractivity (Wildman–Crippen MR) is 113 cm³/mol. The van der Waals surface area contributed by atoms with Crippen LogP contribution in [0.5, 0.6) is 5.75 Å². The Bertz CT molecular complexity index is 1110. The zero-order chi connectivity index (χ0) is 23.4. The number of hydrogen-bond donors (Lipinski definition) is 1. The standard InChI is InChI=1S/C22H18ClF4N3O2/c1-11-3-4-16(29-10-11)13-8-17(32-18(9-24)21(26)27)14(7-15(13)25)22(31)30-19-12(2)5-6-28-20(19)23/h3-8,10,18,21H,9H2,1-2H3,(H,30,31). The third kappa shape index (κ3) is 5.16. The van der Waals surface area contributed by atoms with Gasteiger partial charge in [-0.25, -0.2) is 22.5 Å². The van der Waals surface area contributed by atoms with E-state index in [1.807, 2.05) is 0 Å². The van der Waals surface area contributed by atoms with E-state index >= 15 is 0 Å². The van der Waals surface area contributed by atoms with Gasteiger partial charge in [0.25, 0.3) is 12.3 Å². The molecule has 0 saturated carbocycles. The molecule has 0 spiro atoms. The van der Waals surface area contributed by atoms with Gasteiger partial charge >= 0.3 is 0 Å². The summed E-state index contributed by atoms with van der Waals surface area (Å²) in [6, 6.07) is 6.66. The Kier molecular flexibility index (Phi) is 7.29. The molecule has 0 fully saturated rings. The van der Waals surface area contributed by atoms with Crippen molar-refractivity contribution >= 4 is 23.2 Å². The third-order valence-corrected chi connectivity index (χ3v) is 4.85. The van der Waals surface area contributed by atoms with E-state index in [9.17, 15) is 22.4 Å². The summed E-state index contributed by atoms with van der Waals surface area (Å²) in [4.78, 5) is 20.8. The summed E-state index contributed by atoms with van der Waals surface area (Å²) in [6.07, 6.45) is -2.39. The number of benzene rings is 1. The van der Waals surface area contributed by atoms with E-state index in [0.717, 1.165) is 17.7 Å². The number of carbonyl (C=O) groups excluding carboxylic acids is 1. The Morgan fingerprint density at radius 1 is 1.19 bits per heavy atom. The van der Waals surface area contributed by atoms with Crippen molar-refractivity contribution in [1.29, 1.82) is 0 Å². The number of aromatic nitrogens is 2. The Hall–Kier alpha value is -3.20. The van der Waals surface area contributed by atoms with Crippen LogP contribution in [0.25, 0.3) is 11.3 Å². The van der Waals surface area contributed by atoms with Crippen molar-refractivity contribution in [3.8, 4) is 17.0 Å². The van der Waals surface area contributed by atoms with Crippen molar-refractivity contribution in [3.05, 3.63) is 70.4 Å². The quantitative estimate of drug-likeness (QED) is 0.353. The SMILES string of the molecule is Cc1ccc(-c2cc(OC(CF)C(F)F)c(C(=O)Nc3c(C)ccnc3Cl)cc2F)nc1. The van der Waals surface area contributed by atoms with Crippen molar-refractivity contribution in [2.75, 3.05) is 12.0 Å². The minimum Gasteiger partial charge on any atom is -0.481 e. The molecule has 0 aliphatic rings. The maximum Gasteiger partial charge on any atom is 0.277 e. The molecule has 2 aromatic heterocycles. The minimum absolute atomic E-state index is 0.0176. The number of ether oxygens (including phenoxy) is 1. The lowest BCUT2D eigenvalue weighted by molar-refractivity contribution is -0.00155. The first-order chi connectivity index (χ1) is 15.2. The second kappa shape index (κ2) is 9.95. The van der Waals surface area contributed by atoms with Crippen LogP contribution in [-0.4, -0.2) is 35.1 Å². The maximum absolute atomic E-state index is 14.9. The van der Waals surface area contributed by atoms with Gasteiger partial charge in [0.05, 0.1) is 16.9 Å². The van der Waals surface area contributed by atoms with E-state index in [1.54, 1.807) is 26.0 Å². The predicted octanol–water partition coefficient (Wildman–Crippen LogP) is 5.79. The maximum atomic E-state index is 14.9. The molecular formula is C22H18ClF4N3O2. The molecule has 3 aromatic rings. The van der Waals surface area contributed by atoms with Gasteiger partial charge < -0.3 is 10.1 Å². The third-order valence-electron chi connectivity index (χ3n) is 4.56. The molecule has 0 radical (unpaired) electrons. The summed E-state index contributed by atoms with van der Waals surface area (Å²) < 4.78 is 59.4. The van der Waals surface area contributed by atoms with Crippen molar-refractivity contribution < 1.29 is 27.1 Å². The Labute approximate surface area is 186 Å². The average molecular weight is 468 g/mol. The molecule has 1 unspecified atom stereocenters. The molecule has 10 heteroatoms. The van der Waals surface area contributed by atoms with Gasteiger partial charge in [-0.2, -0.15) is 0 Å². The van der Waals surface area contributed by atoms with Crippen LogP contribution in [0.15, 0.2) is 42.7 Å². The number of rotatable bonds is 7. The first kappa shape index (κ1) is 23.5. The summed E-state index contributed by atoms with van der Waals surface area (Å²) in [6.45, 7) is 1.93. The van der Waals surface area contributed by atoms with Crippen molar-refractivity contribution in [2.45, 2.75) is 26.4 Å². The van der Waals surface area contributed by atoms with E-state index in [0.29, 0.717) is 5.56 Å². The van der Waals surface area contributed by atoms with Gasteiger partial charge in [0.1, 0.15) is 18.2 Å². The number of anilines is 1. The normalized spacial score (nSPS) is 12.0. The van der Waals surface area contributed by atoms with Crippen LogP contribution in [0.3, 0.4) is 0 Å². The number of aryl methyl sites for hydroxylation is 2. The van der Waals surface area contributed by atoms with Gasteiger partial charge in [0.15, 0.2) is 11.3 Å². The molecule has 1 N–H and O–H groups in total. The second-order valence-electron chi connectivity index (χ2n) is 6.94. The van der Waals surface area contributed by atoms with Gasteiger partial charge in [0.2, 0.25) is 0 Å². The monoisotopic (exact) mass is 467 g/mol.